The second-order valence-corrected chi connectivity index (χ2v) is 9.45. The van der Waals surface area contributed by atoms with E-state index in [4.69, 9.17) is 16.3 Å². The van der Waals surface area contributed by atoms with Gasteiger partial charge in [-0.2, -0.15) is 0 Å². The van der Waals surface area contributed by atoms with Gasteiger partial charge in [0.25, 0.3) is 0 Å². The van der Waals surface area contributed by atoms with E-state index in [2.05, 4.69) is 11.9 Å². The third-order valence-electron chi connectivity index (χ3n) is 6.06. The number of hydrogen-bond donors (Lipinski definition) is 0. The average Bonchev–Trinajstić information content (AvgIpc) is 3.15. The maximum atomic E-state index is 13.0. The number of methoxy groups -OCH3 is 1. The molecule has 0 aromatic heterocycles. The van der Waals surface area contributed by atoms with E-state index in [1.165, 1.54) is 18.9 Å². The van der Waals surface area contributed by atoms with Crippen molar-refractivity contribution in [3.05, 3.63) is 57.2 Å². The number of rotatable bonds is 4. The van der Waals surface area contributed by atoms with Gasteiger partial charge in [0, 0.05) is 23.8 Å². The summed E-state index contributed by atoms with van der Waals surface area (Å²) in [6, 6.07) is 6.99. The number of fused-ring (bicyclic) bond motifs is 1. The molecule has 4 rings (SSSR count). The fourth-order valence-electron chi connectivity index (χ4n) is 4.23. The molecule has 0 bridgehead atoms. The van der Waals surface area contributed by atoms with E-state index >= 15 is 0 Å². The van der Waals surface area contributed by atoms with Crippen LogP contribution in [0.4, 0.5) is 0 Å². The molecular weight excluding hydrogens is 434 g/mol. The highest BCUT2D eigenvalue weighted by molar-refractivity contribution is 8.16. The van der Waals surface area contributed by atoms with Gasteiger partial charge in [0.2, 0.25) is 5.91 Å². The number of benzene rings is 1. The van der Waals surface area contributed by atoms with Crippen molar-refractivity contribution in [3.8, 4) is 0 Å². The predicted molar refractivity (Wildman–Crippen MR) is 123 cm³/mol. The van der Waals surface area contributed by atoms with Crippen molar-refractivity contribution in [2.24, 2.45) is 10.9 Å². The summed E-state index contributed by atoms with van der Waals surface area (Å²) in [6.45, 7) is 5.65. The number of carbonyl (C=O) groups is 2. The predicted octanol–water partition coefficient (Wildman–Crippen LogP) is 4.74. The molecule has 1 atom stereocenters. The Hall–Kier alpha value is -2.25. The number of hydrogen-bond acceptors (Lipinski definition) is 6. The molecule has 1 amide bonds. The van der Waals surface area contributed by atoms with Crippen LogP contribution in [-0.4, -0.2) is 47.0 Å². The second-order valence-electron chi connectivity index (χ2n) is 8.18. The number of amides is 1. The summed E-state index contributed by atoms with van der Waals surface area (Å²) in [4.78, 5) is 34.4. The molecule has 0 spiro atoms. The fourth-order valence-corrected chi connectivity index (χ4v) is 5.32. The van der Waals surface area contributed by atoms with Crippen molar-refractivity contribution in [1.29, 1.82) is 0 Å². The summed E-state index contributed by atoms with van der Waals surface area (Å²) in [6.07, 6.45) is 2.35. The number of halogens is 1. The molecule has 8 heteroatoms. The molecule has 0 unspecified atom stereocenters. The summed E-state index contributed by atoms with van der Waals surface area (Å²) in [5, 5.41) is 3.36. The number of allylic oxidation sites excluding steroid dienone is 1. The van der Waals surface area contributed by atoms with Crippen molar-refractivity contribution in [2.75, 3.05) is 20.2 Å². The Morgan fingerprint density at radius 3 is 2.55 bits per heavy atom. The Morgan fingerprint density at radius 1 is 1.23 bits per heavy atom. The third kappa shape index (κ3) is 4.39. The van der Waals surface area contributed by atoms with E-state index < -0.39 is 12.0 Å². The highest BCUT2D eigenvalue weighted by Crippen LogP contribution is 2.45. The lowest BCUT2D eigenvalue weighted by atomic mass is 9.93. The summed E-state index contributed by atoms with van der Waals surface area (Å²) in [5.74, 6) is 0.352. The molecule has 3 aliphatic heterocycles. The normalized spacial score (nSPS) is 21.6. The number of ether oxygens (including phenoxy) is 1. The van der Waals surface area contributed by atoms with Crippen LogP contribution in [0.2, 0.25) is 5.02 Å². The van der Waals surface area contributed by atoms with Crippen LogP contribution in [-0.2, 0) is 14.3 Å². The van der Waals surface area contributed by atoms with E-state index in [1.807, 2.05) is 34.3 Å². The van der Waals surface area contributed by atoms with Gasteiger partial charge in [-0.25, -0.2) is 9.79 Å². The molecule has 3 aliphatic rings. The standard InChI is InChI=1S/C23H26ClN3O3S/c1-14-8-10-26(11-9-14)19(28)12-18-13-31-23-25-15(2)20(22(29)30-3)21(27(18)23)16-4-6-17(24)7-5-16/h4-7,13-14,21H,8-12H2,1-3H3/t21-/m0/s1. The molecule has 1 saturated heterocycles. The Morgan fingerprint density at radius 2 is 1.90 bits per heavy atom. The maximum Gasteiger partial charge on any atom is 0.338 e. The molecule has 31 heavy (non-hydrogen) atoms. The Bertz CT molecular complexity index is 978. The third-order valence-corrected chi connectivity index (χ3v) is 7.20. The summed E-state index contributed by atoms with van der Waals surface area (Å²) in [5.41, 5.74) is 2.84. The quantitative estimate of drug-likeness (QED) is 0.609. The molecule has 3 heterocycles. The van der Waals surface area contributed by atoms with E-state index in [0.29, 0.717) is 22.2 Å². The van der Waals surface area contributed by atoms with Crippen LogP contribution < -0.4 is 0 Å². The monoisotopic (exact) mass is 459 g/mol. The van der Waals surface area contributed by atoms with Gasteiger partial charge in [-0.3, -0.25) is 4.79 Å². The first-order valence-electron chi connectivity index (χ1n) is 10.4. The number of thioether (sulfide) groups is 1. The number of aliphatic imine (C=N–C) groups is 1. The molecule has 164 valence electrons. The summed E-state index contributed by atoms with van der Waals surface area (Å²) < 4.78 is 5.09. The summed E-state index contributed by atoms with van der Waals surface area (Å²) in [7, 11) is 1.37. The molecule has 1 aromatic carbocycles. The smallest absolute Gasteiger partial charge is 0.338 e. The highest BCUT2D eigenvalue weighted by atomic mass is 35.5. The molecule has 1 fully saturated rings. The van der Waals surface area contributed by atoms with Crippen LogP contribution in [0.1, 0.15) is 44.7 Å². The van der Waals surface area contributed by atoms with E-state index in [1.54, 1.807) is 12.1 Å². The number of esters is 1. The minimum absolute atomic E-state index is 0.112. The molecule has 6 nitrogen and oxygen atoms in total. The fraction of sp³-hybridized carbons (Fsp3) is 0.435. The van der Waals surface area contributed by atoms with E-state index in [0.717, 1.165) is 42.4 Å². The number of likely N-dealkylation sites (tertiary alicyclic amines) is 1. The van der Waals surface area contributed by atoms with Gasteiger partial charge in [-0.15, -0.1) is 0 Å². The van der Waals surface area contributed by atoms with Crippen LogP contribution in [0.25, 0.3) is 0 Å². The number of amidine groups is 1. The Balaban J connectivity index is 1.65. The van der Waals surface area contributed by atoms with Gasteiger partial charge in [-0.1, -0.05) is 42.4 Å². The Labute approximate surface area is 192 Å². The van der Waals surface area contributed by atoms with E-state index in [-0.39, 0.29) is 12.3 Å². The van der Waals surface area contributed by atoms with Crippen LogP contribution in [0, 0.1) is 5.92 Å². The SMILES string of the molecule is COC(=O)C1=C(C)N=C2SC=C(CC(=O)N3CCC(C)CC3)N2[C@H]1c1ccc(Cl)cc1. The zero-order valence-corrected chi connectivity index (χ0v) is 19.5. The van der Waals surface area contributed by atoms with Crippen molar-refractivity contribution in [1.82, 2.24) is 9.80 Å². The van der Waals surface area contributed by atoms with Gasteiger partial charge in [0.05, 0.1) is 30.8 Å². The van der Waals surface area contributed by atoms with Crippen molar-refractivity contribution >= 4 is 40.4 Å². The molecule has 1 aromatic rings. The first-order valence-corrected chi connectivity index (χ1v) is 11.7. The first kappa shape index (κ1) is 22.0. The zero-order chi connectivity index (χ0) is 22.1. The van der Waals surface area contributed by atoms with Gasteiger partial charge in [0.1, 0.15) is 0 Å². The van der Waals surface area contributed by atoms with Crippen molar-refractivity contribution in [3.63, 3.8) is 0 Å². The van der Waals surface area contributed by atoms with Crippen LogP contribution >= 0.6 is 23.4 Å². The Kier molecular flexibility index (Phi) is 6.44. The topological polar surface area (TPSA) is 62.2 Å². The molecule has 0 aliphatic carbocycles. The first-order chi connectivity index (χ1) is 14.9. The lowest BCUT2D eigenvalue weighted by molar-refractivity contribution is -0.136. The number of piperidine rings is 1. The minimum atomic E-state index is -0.423. The largest absolute Gasteiger partial charge is 0.466 e. The average molecular weight is 460 g/mol. The van der Waals surface area contributed by atoms with Crippen LogP contribution in [0.3, 0.4) is 0 Å². The van der Waals surface area contributed by atoms with Crippen LogP contribution in [0.15, 0.2) is 51.6 Å². The number of carbonyl (C=O) groups excluding carboxylic acids is 2. The van der Waals surface area contributed by atoms with Crippen molar-refractivity contribution < 1.29 is 14.3 Å². The molecule has 0 saturated carbocycles. The van der Waals surface area contributed by atoms with Gasteiger partial charge < -0.3 is 14.5 Å². The van der Waals surface area contributed by atoms with Gasteiger partial charge in [-0.05, 0) is 48.8 Å². The minimum Gasteiger partial charge on any atom is -0.466 e. The van der Waals surface area contributed by atoms with Crippen molar-refractivity contribution in [2.45, 2.75) is 39.2 Å². The lowest BCUT2D eigenvalue weighted by Crippen LogP contribution is -2.41. The summed E-state index contributed by atoms with van der Waals surface area (Å²) >= 11 is 7.58. The maximum absolute atomic E-state index is 13.0. The van der Waals surface area contributed by atoms with Gasteiger partial charge >= 0.3 is 5.97 Å². The number of nitrogens with zero attached hydrogens (tertiary/aromatic N) is 3. The molecular formula is C23H26ClN3O3S. The van der Waals surface area contributed by atoms with E-state index in [9.17, 15) is 9.59 Å². The van der Waals surface area contributed by atoms with Crippen LogP contribution in [0.5, 0.6) is 0 Å². The second kappa shape index (κ2) is 9.09. The zero-order valence-electron chi connectivity index (χ0n) is 17.9. The molecule has 0 N–H and O–H groups in total. The van der Waals surface area contributed by atoms with Gasteiger partial charge in [0.15, 0.2) is 5.17 Å². The molecule has 0 radical (unpaired) electrons. The highest BCUT2D eigenvalue weighted by Gasteiger charge is 2.41. The lowest BCUT2D eigenvalue weighted by Gasteiger charge is -2.37.